The maximum absolute atomic E-state index is 12.7. The number of aliphatic hydroxyl groups excluding tert-OH is 1. The van der Waals surface area contributed by atoms with Crippen molar-refractivity contribution >= 4 is 45.8 Å². The van der Waals surface area contributed by atoms with Crippen molar-refractivity contribution in [3.05, 3.63) is 63.6 Å². The Kier molecular flexibility index (Phi) is 5.73. The molecule has 0 fully saturated rings. The second kappa shape index (κ2) is 8.44. The number of benzene rings is 1. The van der Waals surface area contributed by atoms with E-state index in [9.17, 15) is 14.7 Å². The molecule has 4 rings (SSSR count). The van der Waals surface area contributed by atoms with Crippen LogP contribution in [0.2, 0.25) is 0 Å². The van der Waals surface area contributed by atoms with E-state index in [-0.39, 0.29) is 36.9 Å². The van der Waals surface area contributed by atoms with Crippen molar-refractivity contribution in [2.24, 2.45) is 0 Å². The zero-order chi connectivity index (χ0) is 21.3. The summed E-state index contributed by atoms with van der Waals surface area (Å²) < 4.78 is 7.89. The Balaban J connectivity index is 1.66. The smallest absolute Gasteiger partial charge is 0.337 e. The number of hydrogen-bond acceptors (Lipinski definition) is 6. The van der Waals surface area contributed by atoms with Gasteiger partial charge in [0, 0.05) is 33.8 Å². The van der Waals surface area contributed by atoms with Crippen molar-refractivity contribution < 1.29 is 19.4 Å². The quantitative estimate of drug-likeness (QED) is 0.384. The summed E-state index contributed by atoms with van der Waals surface area (Å²) in [4.78, 5) is 30.9. The van der Waals surface area contributed by atoms with E-state index in [4.69, 9.17) is 4.74 Å². The van der Waals surface area contributed by atoms with Crippen LogP contribution in [0.4, 0.5) is 5.69 Å². The van der Waals surface area contributed by atoms with Crippen molar-refractivity contribution in [3.8, 4) is 11.3 Å². The van der Waals surface area contributed by atoms with Gasteiger partial charge < -0.3 is 24.5 Å². The molecule has 1 aliphatic heterocycles. The maximum atomic E-state index is 12.7. The molecule has 2 aromatic heterocycles. The molecule has 3 aromatic rings. The molecule has 2 N–H and O–H groups in total. The number of methoxy groups -OCH3 is 1. The number of aliphatic hydroxyl groups is 1. The number of imidazole rings is 1. The normalized spacial score (nSPS) is 14.0. The third-order valence-electron chi connectivity index (χ3n) is 4.80. The van der Waals surface area contributed by atoms with E-state index in [2.05, 4.69) is 32.9 Å². The van der Waals surface area contributed by atoms with Crippen molar-refractivity contribution in [1.82, 2.24) is 14.3 Å². The molecular formula is C21H19IN4O4. The van der Waals surface area contributed by atoms with E-state index in [1.54, 1.807) is 0 Å². The predicted molar refractivity (Wildman–Crippen MR) is 120 cm³/mol. The molecule has 8 nitrogen and oxygen atoms in total. The molecule has 0 bridgehead atoms. The van der Waals surface area contributed by atoms with Gasteiger partial charge in [-0.3, -0.25) is 4.79 Å². The SMILES string of the molecule is COC(=O)C1=C(Nc2cccc(-c3cn4cc(I)ccc4n3)c2)C(=O)N(CCO)C1. The second-order valence-corrected chi connectivity index (χ2v) is 7.99. The fourth-order valence-electron chi connectivity index (χ4n) is 3.35. The number of halogens is 1. The number of hydrogen-bond donors (Lipinski definition) is 2. The first-order valence-corrected chi connectivity index (χ1v) is 10.3. The van der Waals surface area contributed by atoms with Crippen molar-refractivity contribution in [3.63, 3.8) is 0 Å². The van der Waals surface area contributed by atoms with Crippen molar-refractivity contribution in [2.75, 3.05) is 32.1 Å². The number of carbonyl (C=O) groups excluding carboxylic acids is 2. The summed E-state index contributed by atoms with van der Waals surface area (Å²) in [7, 11) is 1.28. The maximum Gasteiger partial charge on any atom is 0.337 e. The minimum absolute atomic E-state index is 0.0964. The molecule has 0 atom stereocenters. The molecule has 0 unspecified atom stereocenters. The zero-order valence-electron chi connectivity index (χ0n) is 16.1. The third kappa shape index (κ3) is 3.90. The lowest BCUT2D eigenvalue weighted by molar-refractivity contribution is -0.136. The van der Waals surface area contributed by atoms with Gasteiger partial charge in [-0.25, -0.2) is 9.78 Å². The van der Waals surface area contributed by atoms with Crippen LogP contribution in [0.5, 0.6) is 0 Å². The first kappa shape index (κ1) is 20.4. The summed E-state index contributed by atoms with van der Waals surface area (Å²) in [5.41, 5.74) is 3.56. The molecule has 154 valence electrons. The molecule has 30 heavy (non-hydrogen) atoms. The first-order chi connectivity index (χ1) is 14.5. The van der Waals surface area contributed by atoms with Crippen molar-refractivity contribution in [1.29, 1.82) is 0 Å². The number of aromatic nitrogens is 2. The Bertz CT molecular complexity index is 1170. The lowest BCUT2D eigenvalue weighted by atomic mass is 10.1. The van der Waals surface area contributed by atoms with Gasteiger partial charge in [-0.2, -0.15) is 0 Å². The number of β-amino-alcohol motifs (C(OH)–C–C–N with tert-alkyl or cyclic N) is 1. The Morgan fingerprint density at radius 3 is 2.90 bits per heavy atom. The van der Waals surface area contributed by atoms with Gasteiger partial charge in [0.25, 0.3) is 5.91 Å². The van der Waals surface area contributed by atoms with Crippen LogP contribution in [-0.4, -0.2) is 58.1 Å². The van der Waals surface area contributed by atoms with Crippen LogP contribution in [0.1, 0.15) is 0 Å². The zero-order valence-corrected chi connectivity index (χ0v) is 18.3. The third-order valence-corrected chi connectivity index (χ3v) is 5.43. The Morgan fingerprint density at radius 2 is 2.13 bits per heavy atom. The first-order valence-electron chi connectivity index (χ1n) is 9.23. The fourth-order valence-corrected chi connectivity index (χ4v) is 3.83. The summed E-state index contributed by atoms with van der Waals surface area (Å²) in [6, 6.07) is 11.4. The number of esters is 1. The summed E-state index contributed by atoms with van der Waals surface area (Å²) in [6.07, 6.45) is 3.94. The van der Waals surface area contributed by atoms with E-state index in [1.807, 2.05) is 53.2 Å². The van der Waals surface area contributed by atoms with Crippen LogP contribution in [0.25, 0.3) is 16.9 Å². The summed E-state index contributed by atoms with van der Waals surface area (Å²) in [5, 5.41) is 12.3. The van der Waals surface area contributed by atoms with E-state index in [0.717, 1.165) is 20.5 Å². The minimum Gasteiger partial charge on any atom is -0.466 e. The van der Waals surface area contributed by atoms with E-state index in [1.165, 1.54) is 12.0 Å². The molecule has 1 aliphatic rings. The highest BCUT2D eigenvalue weighted by atomic mass is 127. The average molecular weight is 518 g/mol. The number of carbonyl (C=O) groups is 2. The molecule has 0 saturated heterocycles. The second-order valence-electron chi connectivity index (χ2n) is 6.74. The largest absolute Gasteiger partial charge is 0.466 e. The molecule has 1 aromatic carbocycles. The highest BCUT2D eigenvalue weighted by Crippen LogP contribution is 2.26. The molecule has 3 heterocycles. The van der Waals surface area contributed by atoms with Gasteiger partial charge >= 0.3 is 5.97 Å². The average Bonchev–Trinajstić information content (AvgIpc) is 3.30. The highest BCUT2D eigenvalue weighted by molar-refractivity contribution is 14.1. The van der Waals surface area contributed by atoms with Gasteiger partial charge in [-0.15, -0.1) is 0 Å². The summed E-state index contributed by atoms with van der Waals surface area (Å²) >= 11 is 2.25. The number of pyridine rings is 1. The molecule has 9 heteroatoms. The lowest BCUT2D eigenvalue weighted by Gasteiger charge is -2.15. The standard InChI is InChI=1S/C21H19IN4O4/c1-30-21(29)16-11-25(7-8-27)20(28)19(16)23-15-4-2-3-13(9-15)17-12-26-10-14(22)5-6-18(26)24-17/h2-6,9-10,12,23,27H,7-8,11H2,1H3. The number of nitrogens with one attached hydrogen (secondary N) is 1. The van der Waals surface area contributed by atoms with Crippen LogP contribution >= 0.6 is 22.6 Å². The number of ether oxygens (including phenoxy) is 1. The van der Waals surface area contributed by atoms with E-state index < -0.39 is 5.97 Å². The lowest BCUT2D eigenvalue weighted by Crippen LogP contribution is -2.31. The molecular weight excluding hydrogens is 499 g/mol. The van der Waals surface area contributed by atoms with E-state index in [0.29, 0.717) is 5.69 Å². The fraction of sp³-hybridized carbons (Fsp3) is 0.190. The number of amides is 1. The summed E-state index contributed by atoms with van der Waals surface area (Å²) in [6.45, 7) is 0.0551. The van der Waals surface area contributed by atoms with Gasteiger partial charge in [-0.1, -0.05) is 12.1 Å². The van der Waals surface area contributed by atoms with Gasteiger partial charge in [-0.05, 0) is 46.9 Å². The van der Waals surface area contributed by atoms with Gasteiger partial charge in [0.05, 0.1) is 31.5 Å². The van der Waals surface area contributed by atoms with Crippen LogP contribution in [0.3, 0.4) is 0 Å². The van der Waals surface area contributed by atoms with E-state index >= 15 is 0 Å². The molecule has 0 aliphatic carbocycles. The van der Waals surface area contributed by atoms with Crippen molar-refractivity contribution in [2.45, 2.75) is 0 Å². The summed E-state index contributed by atoms with van der Waals surface area (Å²) in [5.74, 6) is -0.922. The van der Waals surface area contributed by atoms with Crippen LogP contribution in [0, 0.1) is 3.57 Å². The Labute approximate surface area is 186 Å². The van der Waals surface area contributed by atoms with Gasteiger partial charge in [0.1, 0.15) is 11.3 Å². The number of rotatable bonds is 6. The monoisotopic (exact) mass is 518 g/mol. The molecule has 0 radical (unpaired) electrons. The molecule has 0 saturated carbocycles. The predicted octanol–water partition coefficient (Wildman–Crippen LogP) is 2.28. The van der Waals surface area contributed by atoms with Crippen LogP contribution in [-0.2, 0) is 14.3 Å². The number of nitrogens with zero attached hydrogens (tertiary/aromatic N) is 3. The highest BCUT2D eigenvalue weighted by Gasteiger charge is 2.34. The van der Waals surface area contributed by atoms with Crippen LogP contribution < -0.4 is 5.32 Å². The van der Waals surface area contributed by atoms with Gasteiger partial charge in [0.15, 0.2) is 0 Å². The van der Waals surface area contributed by atoms with Gasteiger partial charge in [0.2, 0.25) is 0 Å². The number of fused-ring (bicyclic) bond motifs is 1. The Hall–Kier alpha value is -2.92. The molecule has 1 amide bonds. The molecule has 0 spiro atoms. The minimum atomic E-state index is -0.572. The number of anilines is 1. The van der Waals surface area contributed by atoms with Crippen LogP contribution in [0.15, 0.2) is 60.1 Å². The Morgan fingerprint density at radius 1 is 1.30 bits per heavy atom. The topological polar surface area (TPSA) is 96.2 Å².